The lowest BCUT2D eigenvalue weighted by Gasteiger charge is -2.09. The van der Waals surface area contributed by atoms with Gasteiger partial charge in [-0.3, -0.25) is 0 Å². The molecule has 1 aromatic rings. The Balaban J connectivity index is 2.47. The third-order valence-electron chi connectivity index (χ3n) is 2.57. The molecule has 0 atom stereocenters. The molecular weight excluding hydrogens is 186 g/mol. The SMILES string of the molecule is CCCCCNc1ccc(CC)cc1O. The smallest absolute Gasteiger partial charge is 0.138 e. The maximum absolute atomic E-state index is 9.72. The van der Waals surface area contributed by atoms with E-state index in [9.17, 15) is 5.11 Å². The van der Waals surface area contributed by atoms with Gasteiger partial charge in [0.05, 0.1) is 5.69 Å². The van der Waals surface area contributed by atoms with Crippen LogP contribution in [0.2, 0.25) is 0 Å². The van der Waals surface area contributed by atoms with Crippen molar-refractivity contribution >= 4 is 5.69 Å². The first kappa shape index (κ1) is 11.9. The van der Waals surface area contributed by atoms with E-state index >= 15 is 0 Å². The lowest BCUT2D eigenvalue weighted by molar-refractivity contribution is 0.476. The number of rotatable bonds is 6. The summed E-state index contributed by atoms with van der Waals surface area (Å²) in [6.45, 7) is 5.21. The molecule has 2 heteroatoms. The van der Waals surface area contributed by atoms with Gasteiger partial charge in [0.15, 0.2) is 0 Å². The second-order valence-corrected chi connectivity index (χ2v) is 3.84. The number of anilines is 1. The molecule has 0 heterocycles. The fraction of sp³-hybridized carbons (Fsp3) is 0.538. The molecule has 2 nitrogen and oxygen atoms in total. The molecular formula is C13H21NO. The first-order valence-corrected chi connectivity index (χ1v) is 5.83. The second kappa shape index (κ2) is 6.33. The van der Waals surface area contributed by atoms with E-state index in [1.54, 1.807) is 0 Å². The number of aryl methyl sites for hydroxylation is 1. The zero-order valence-corrected chi connectivity index (χ0v) is 9.71. The molecule has 1 rings (SSSR count). The number of aromatic hydroxyl groups is 1. The fourth-order valence-electron chi connectivity index (χ4n) is 1.54. The first-order chi connectivity index (χ1) is 7.27. The van der Waals surface area contributed by atoms with Gasteiger partial charge >= 0.3 is 0 Å². The van der Waals surface area contributed by atoms with E-state index < -0.39 is 0 Å². The summed E-state index contributed by atoms with van der Waals surface area (Å²) < 4.78 is 0. The van der Waals surface area contributed by atoms with Crippen LogP contribution in [-0.2, 0) is 6.42 Å². The number of phenols is 1. The van der Waals surface area contributed by atoms with Crippen molar-refractivity contribution in [3.63, 3.8) is 0 Å². The van der Waals surface area contributed by atoms with Crippen LogP contribution in [0.3, 0.4) is 0 Å². The molecule has 0 aromatic heterocycles. The second-order valence-electron chi connectivity index (χ2n) is 3.84. The van der Waals surface area contributed by atoms with Crippen LogP contribution in [0.25, 0.3) is 0 Å². The Hall–Kier alpha value is -1.18. The van der Waals surface area contributed by atoms with Crippen molar-refractivity contribution in [1.29, 1.82) is 0 Å². The summed E-state index contributed by atoms with van der Waals surface area (Å²) >= 11 is 0. The van der Waals surface area contributed by atoms with Gasteiger partial charge in [0, 0.05) is 6.54 Å². The van der Waals surface area contributed by atoms with Crippen LogP contribution in [0.4, 0.5) is 5.69 Å². The van der Waals surface area contributed by atoms with Crippen molar-refractivity contribution in [2.45, 2.75) is 39.5 Å². The van der Waals surface area contributed by atoms with Gasteiger partial charge < -0.3 is 10.4 Å². The van der Waals surface area contributed by atoms with Crippen LogP contribution in [0.1, 0.15) is 38.7 Å². The fourth-order valence-corrected chi connectivity index (χ4v) is 1.54. The zero-order chi connectivity index (χ0) is 11.1. The number of benzene rings is 1. The third-order valence-corrected chi connectivity index (χ3v) is 2.57. The van der Waals surface area contributed by atoms with Crippen molar-refractivity contribution in [2.24, 2.45) is 0 Å². The number of nitrogens with one attached hydrogen (secondary N) is 1. The largest absolute Gasteiger partial charge is 0.506 e. The highest BCUT2D eigenvalue weighted by Crippen LogP contribution is 2.24. The molecule has 84 valence electrons. The van der Waals surface area contributed by atoms with Gasteiger partial charge in [0.1, 0.15) is 5.75 Å². The van der Waals surface area contributed by atoms with Gasteiger partial charge in [0.25, 0.3) is 0 Å². The maximum Gasteiger partial charge on any atom is 0.138 e. The van der Waals surface area contributed by atoms with Gasteiger partial charge in [-0.05, 0) is 30.5 Å². The van der Waals surface area contributed by atoms with Crippen molar-refractivity contribution in [3.8, 4) is 5.75 Å². The van der Waals surface area contributed by atoms with E-state index in [0.717, 1.165) is 25.1 Å². The van der Waals surface area contributed by atoms with E-state index in [2.05, 4.69) is 25.2 Å². The summed E-state index contributed by atoms with van der Waals surface area (Å²) in [5.74, 6) is 0.367. The van der Waals surface area contributed by atoms with Crippen molar-refractivity contribution in [2.75, 3.05) is 11.9 Å². The average molecular weight is 207 g/mol. The van der Waals surface area contributed by atoms with Crippen LogP contribution in [0.15, 0.2) is 18.2 Å². The molecule has 1 aromatic carbocycles. The lowest BCUT2D eigenvalue weighted by Crippen LogP contribution is -2.01. The van der Waals surface area contributed by atoms with Crippen LogP contribution in [0.5, 0.6) is 5.75 Å². The minimum atomic E-state index is 0.367. The average Bonchev–Trinajstić information content (AvgIpc) is 2.26. The van der Waals surface area contributed by atoms with E-state index in [0.29, 0.717) is 5.75 Å². The van der Waals surface area contributed by atoms with Crippen LogP contribution in [0, 0.1) is 0 Å². The summed E-state index contributed by atoms with van der Waals surface area (Å²) in [5.41, 5.74) is 2.02. The molecule has 0 aliphatic carbocycles. The Labute approximate surface area is 92.3 Å². The highest BCUT2D eigenvalue weighted by Gasteiger charge is 2.00. The number of phenolic OH excluding ortho intramolecular Hbond substituents is 1. The van der Waals surface area contributed by atoms with Gasteiger partial charge in [-0.15, -0.1) is 0 Å². The van der Waals surface area contributed by atoms with Crippen molar-refractivity contribution < 1.29 is 5.11 Å². The predicted octanol–water partition coefficient (Wildman–Crippen LogP) is 3.56. The normalized spacial score (nSPS) is 10.3. The van der Waals surface area contributed by atoms with Gasteiger partial charge in [-0.2, -0.15) is 0 Å². The Morgan fingerprint density at radius 2 is 2.00 bits per heavy atom. The molecule has 0 aliphatic heterocycles. The Kier molecular flexibility index (Phi) is 5.02. The lowest BCUT2D eigenvalue weighted by atomic mass is 10.1. The monoisotopic (exact) mass is 207 g/mol. The Morgan fingerprint density at radius 3 is 2.60 bits per heavy atom. The van der Waals surface area contributed by atoms with E-state index in [1.807, 2.05) is 12.1 Å². The Morgan fingerprint density at radius 1 is 1.20 bits per heavy atom. The molecule has 0 amide bonds. The standard InChI is InChI=1S/C13H21NO/c1-3-5-6-9-14-12-8-7-11(4-2)10-13(12)15/h7-8,10,14-15H,3-6,9H2,1-2H3. The molecule has 2 N–H and O–H groups in total. The molecule has 0 saturated carbocycles. The number of unbranched alkanes of at least 4 members (excludes halogenated alkanes) is 2. The predicted molar refractivity (Wildman–Crippen MR) is 65.5 cm³/mol. The highest BCUT2D eigenvalue weighted by molar-refractivity contribution is 5.56. The van der Waals surface area contributed by atoms with Gasteiger partial charge in [0.2, 0.25) is 0 Å². The minimum absolute atomic E-state index is 0.367. The first-order valence-electron chi connectivity index (χ1n) is 5.83. The molecule has 0 radical (unpaired) electrons. The zero-order valence-electron chi connectivity index (χ0n) is 9.71. The number of hydrogen-bond acceptors (Lipinski definition) is 2. The highest BCUT2D eigenvalue weighted by atomic mass is 16.3. The topological polar surface area (TPSA) is 32.3 Å². The van der Waals surface area contributed by atoms with E-state index in [1.165, 1.54) is 18.4 Å². The summed E-state index contributed by atoms with van der Waals surface area (Å²) in [4.78, 5) is 0. The van der Waals surface area contributed by atoms with E-state index in [4.69, 9.17) is 0 Å². The van der Waals surface area contributed by atoms with Crippen molar-refractivity contribution in [1.82, 2.24) is 0 Å². The van der Waals surface area contributed by atoms with Crippen molar-refractivity contribution in [3.05, 3.63) is 23.8 Å². The van der Waals surface area contributed by atoms with Crippen LogP contribution >= 0.6 is 0 Å². The molecule has 0 saturated heterocycles. The number of hydrogen-bond donors (Lipinski definition) is 2. The van der Waals surface area contributed by atoms with Gasteiger partial charge in [-0.1, -0.05) is 32.8 Å². The molecule has 0 fully saturated rings. The summed E-state index contributed by atoms with van der Waals surface area (Å²) in [6.07, 6.45) is 4.58. The van der Waals surface area contributed by atoms with Gasteiger partial charge in [-0.25, -0.2) is 0 Å². The summed E-state index contributed by atoms with van der Waals surface area (Å²) in [6, 6.07) is 5.85. The molecule has 0 aliphatic rings. The minimum Gasteiger partial charge on any atom is -0.506 e. The summed E-state index contributed by atoms with van der Waals surface area (Å²) in [7, 11) is 0. The van der Waals surface area contributed by atoms with Crippen LogP contribution in [-0.4, -0.2) is 11.7 Å². The summed E-state index contributed by atoms with van der Waals surface area (Å²) in [5, 5.41) is 13.0. The molecule has 0 unspecified atom stereocenters. The van der Waals surface area contributed by atoms with Crippen LogP contribution < -0.4 is 5.32 Å². The maximum atomic E-state index is 9.72. The quantitative estimate of drug-likeness (QED) is 0.552. The molecule has 0 spiro atoms. The third kappa shape index (κ3) is 3.82. The Bertz CT molecular complexity index is 297. The molecule has 15 heavy (non-hydrogen) atoms. The van der Waals surface area contributed by atoms with E-state index in [-0.39, 0.29) is 0 Å². The molecule has 0 bridgehead atoms.